The molecule has 2 N–H and O–H groups in total. The molecule has 2 rings (SSSR count). The number of carbonyl (C=O) groups is 2. The van der Waals surface area contributed by atoms with Gasteiger partial charge in [0.25, 0.3) is 0 Å². The first-order chi connectivity index (χ1) is 9.02. The number of aliphatic carboxylic acids is 1. The lowest BCUT2D eigenvalue weighted by molar-refractivity contribution is -0.146. The summed E-state index contributed by atoms with van der Waals surface area (Å²) in [6.07, 6.45) is 4.28. The van der Waals surface area contributed by atoms with Crippen molar-refractivity contribution >= 4 is 11.9 Å². The zero-order valence-corrected chi connectivity index (χ0v) is 11.6. The van der Waals surface area contributed by atoms with Crippen LogP contribution in [0.2, 0.25) is 0 Å². The van der Waals surface area contributed by atoms with Crippen LogP contribution in [0.15, 0.2) is 0 Å². The summed E-state index contributed by atoms with van der Waals surface area (Å²) in [5.41, 5.74) is 0. The Hall–Kier alpha value is -1.10. The predicted octanol–water partition coefficient (Wildman–Crippen LogP) is 1.42. The van der Waals surface area contributed by atoms with E-state index >= 15 is 0 Å². The number of methoxy groups -OCH3 is 1. The van der Waals surface area contributed by atoms with Gasteiger partial charge in [-0.15, -0.1) is 0 Å². The molecule has 19 heavy (non-hydrogen) atoms. The van der Waals surface area contributed by atoms with Gasteiger partial charge in [0.05, 0.1) is 24.0 Å². The molecule has 3 unspecified atom stereocenters. The standard InChI is InChI=1S/C14H23NO4/c1-8-6-9(10(7-8)14(17)18)13(16)15-11-4-3-5-12(11)19-2/h8-12H,3-7H2,1-2H3,(H,15,16)(H,17,18)/t8?,9-,10+,11?,12?/m0/s1. The molecule has 108 valence electrons. The summed E-state index contributed by atoms with van der Waals surface area (Å²) in [4.78, 5) is 23.5. The highest BCUT2D eigenvalue weighted by Gasteiger charge is 2.42. The summed E-state index contributed by atoms with van der Waals surface area (Å²) in [7, 11) is 1.66. The number of nitrogens with one attached hydrogen (secondary N) is 1. The Morgan fingerprint density at radius 2 is 1.89 bits per heavy atom. The Bertz CT molecular complexity index is 357. The van der Waals surface area contributed by atoms with E-state index < -0.39 is 11.9 Å². The number of hydrogen-bond acceptors (Lipinski definition) is 3. The minimum absolute atomic E-state index is 0.0443. The molecule has 2 saturated carbocycles. The molecule has 0 bridgehead atoms. The second-order valence-corrected chi connectivity index (χ2v) is 5.95. The molecule has 0 heterocycles. The van der Waals surface area contributed by atoms with Gasteiger partial charge in [-0.3, -0.25) is 9.59 Å². The molecule has 1 amide bonds. The monoisotopic (exact) mass is 269 g/mol. The van der Waals surface area contributed by atoms with Gasteiger partial charge in [0.2, 0.25) is 5.91 Å². The number of rotatable bonds is 4. The van der Waals surface area contributed by atoms with Gasteiger partial charge in [0.1, 0.15) is 0 Å². The predicted molar refractivity (Wildman–Crippen MR) is 69.6 cm³/mol. The van der Waals surface area contributed by atoms with E-state index in [-0.39, 0.29) is 24.0 Å². The fourth-order valence-electron chi connectivity index (χ4n) is 3.52. The van der Waals surface area contributed by atoms with Crippen molar-refractivity contribution in [1.29, 1.82) is 0 Å². The van der Waals surface area contributed by atoms with Gasteiger partial charge in [0, 0.05) is 7.11 Å². The van der Waals surface area contributed by atoms with E-state index in [1.807, 2.05) is 6.92 Å². The van der Waals surface area contributed by atoms with Gasteiger partial charge in [-0.05, 0) is 38.0 Å². The van der Waals surface area contributed by atoms with Crippen LogP contribution in [0.25, 0.3) is 0 Å². The molecule has 2 fully saturated rings. The van der Waals surface area contributed by atoms with E-state index in [0.717, 1.165) is 19.3 Å². The summed E-state index contributed by atoms with van der Waals surface area (Å²) < 4.78 is 5.35. The summed E-state index contributed by atoms with van der Waals surface area (Å²) >= 11 is 0. The molecule has 5 atom stereocenters. The molecule has 2 aliphatic carbocycles. The molecule has 0 saturated heterocycles. The van der Waals surface area contributed by atoms with Crippen molar-refractivity contribution in [3.05, 3.63) is 0 Å². The van der Waals surface area contributed by atoms with Gasteiger partial charge in [-0.1, -0.05) is 6.92 Å². The van der Waals surface area contributed by atoms with Gasteiger partial charge in [-0.25, -0.2) is 0 Å². The van der Waals surface area contributed by atoms with Crippen LogP contribution < -0.4 is 5.32 Å². The number of amides is 1. The fraction of sp³-hybridized carbons (Fsp3) is 0.857. The third-order valence-corrected chi connectivity index (χ3v) is 4.54. The van der Waals surface area contributed by atoms with Crippen LogP contribution in [0, 0.1) is 17.8 Å². The number of carboxylic acid groups (broad SMARTS) is 1. The molecule has 0 aromatic heterocycles. The SMILES string of the molecule is COC1CCCC1NC(=O)[C@H]1CC(C)C[C@H]1C(=O)O. The molecular weight excluding hydrogens is 246 g/mol. The Morgan fingerprint density at radius 1 is 1.21 bits per heavy atom. The summed E-state index contributed by atoms with van der Waals surface area (Å²) in [6, 6.07) is 0.0443. The topological polar surface area (TPSA) is 75.6 Å². The van der Waals surface area contributed by atoms with Crippen LogP contribution in [0.4, 0.5) is 0 Å². The van der Waals surface area contributed by atoms with Gasteiger partial charge >= 0.3 is 5.97 Å². The molecule has 5 heteroatoms. The maximum absolute atomic E-state index is 12.3. The molecular formula is C14H23NO4. The van der Waals surface area contributed by atoms with Crippen LogP contribution in [-0.4, -0.2) is 36.2 Å². The van der Waals surface area contributed by atoms with Crippen molar-refractivity contribution in [1.82, 2.24) is 5.32 Å². The molecule has 0 aromatic rings. The first-order valence-corrected chi connectivity index (χ1v) is 7.09. The smallest absolute Gasteiger partial charge is 0.307 e. The molecule has 0 radical (unpaired) electrons. The van der Waals surface area contributed by atoms with Crippen LogP contribution in [0.1, 0.15) is 39.0 Å². The molecule has 0 spiro atoms. The average molecular weight is 269 g/mol. The Morgan fingerprint density at radius 3 is 2.53 bits per heavy atom. The first kappa shape index (κ1) is 14.3. The largest absolute Gasteiger partial charge is 0.481 e. The maximum atomic E-state index is 12.3. The molecule has 5 nitrogen and oxygen atoms in total. The summed E-state index contributed by atoms with van der Waals surface area (Å²) in [5.74, 6) is -1.56. The second-order valence-electron chi connectivity index (χ2n) is 5.95. The van der Waals surface area contributed by atoms with Crippen molar-refractivity contribution < 1.29 is 19.4 Å². The van der Waals surface area contributed by atoms with E-state index in [9.17, 15) is 14.7 Å². The lowest BCUT2D eigenvalue weighted by Gasteiger charge is -2.23. The van der Waals surface area contributed by atoms with Crippen molar-refractivity contribution in [2.75, 3.05) is 7.11 Å². The van der Waals surface area contributed by atoms with E-state index in [0.29, 0.717) is 18.8 Å². The van der Waals surface area contributed by atoms with Gasteiger partial charge < -0.3 is 15.2 Å². The van der Waals surface area contributed by atoms with E-state index in [1.54, 1.807) is 7.11 Å². The highest BCUT2D eigenvalue weighted by molar-refractivity contribution is 5.85. The van der Waals surface area contributed by atoms with Crippen molar-refractivity contribution in [3.63, 3.8) is 0 Å². The lowest BCUT2D eigenvalue weighted by Crippen LogP contribution is -2.45. The third kappa shape index (κ3) is 3.08. The van der Waals surface area contributed by atoms with Gasteiger partial charge in [0.15, 0.2) is 0 Å². The third-order valence-electron chi connectivity index (χ3n) is 4.54. The highest BCUT2D eigenvalue weighted by atomic mass is 16.5. The summed E-state index contributed by atoms with van der Waals surface area (Å²) in [6.45, 7) is 2.01. The van der Waals surface area contributed by atoms with E-state index in [2.05, 4.69) is 5.32 Å². The van der Waals surface area contributed by atoms with Crippen LogP contribution >= 0.6 is 0 Å². The fourth-order valence-corrected chi connectivity index (χ4v) is 3.52. The quantitative estimate of drug-likeness (QED) is 0.809. The van der Waals surface area contributed by atoms with Crippen LogP contribution in [0.5, 0.6) is 0 Å². The summed E-state index contributed by atoms with van der Waals surface area (Å²) in [5, 5.41) is 12.2. The normalized spacial score (nSPS) is 38.3. The minimum atomic E-state index is -0.848. The molecule has 0 aromatic carbocycles. The maximum Gasteiger partial charge on any atom is 0.307 e. The van der Waals surface area contributed by atoms with Gasteiger partial charge in [-0.2, -0.15) is 0 Å². The van der Waals surface area contributed by atoms with E-state index in [1.165, 1.54) is 0 Å². The van der Waals surface area contributed by atoms with Crippen molar-refractivity contribution in [2.45, 2.75) is 51.2 Å². The number of carbonyl (C=O) groups excluding carboxylic acids is 1. The number of carboxylic acids is 1. The minimum Gasteiger partial charge on any atom is -0.481 e. The lowest BCUT2D eigenvalue weighted by atomic mass is 9.95. The first-order valence-electron chi connectivity index (χ1n) is 7.09. The molecule has 0 aliphatic heterocycles. The zero-order valence-electron chi connectivity index (χ0n) is 11.6. The second kappa shape index (κ2) is 5.90. The Kier molecular flexibility index (Phi) is 4.45. The van der Waals surface area contributed by atoms with Crippen LogP contribution in [-0.2, 0) is 14.3 Å². The van der Waals surface area contributed by atoms with Crippen molar-refractivity contribution in [3.8, 4) is 0 Å². The van der Waals surface area contributed by atoms with E-state index in [4.69, 9.17) is 4.74 Å². The van der Waals surface area contributed by atoms with Crippen molar-refractivity contribution in [2.24, 2.45) is 17.8 Å². The van der Waals surface area contributed by atoms with Crippen LogP contribution in [0.3, 0.4) is 0 Å². The highest BCUT2D eigenvalue weighted by Crippen LogP contribution is 2.37. The number of hydrogen-bond donors (Lipinski definition) is 2. The average Bonchev–Trinajstić information content (AvgIpc) is 2.95. The Balaban J connectivity index is 1.97. The number of ether oxygens (including phenoxy) is 1. The Labute approximate surface area is 113 Å². The zero-order chi connectivity index (χ0) is 14.0. The molecule has 2 aliphatic rings.